The molecule has 4 N–H and O–H groups in total. The summed E-state index contributed by atoms with van der Waals surface area (Å²) in [5.41, 5.74) is 6.63. The Balaban J connectivity index is 1.83. The van der Waals surface area contributed by atoms with Gasteiger partial charge in [0.15, 0.2) is 0 Å². The fourth-order valence-electron chi connectivity index (χ4n) is 1.74. The maximum absolute atomic E-state index is 9.50. The Morgan fingerprint density at radius 1 is 1.36 bits per heavy atom. The highest BCUT2D eigenvalue weighted by Crippen LogP contribution is 2.20. The van der Waals surface area contributed by atoms with Crippen molar-refractivity contribution in [3.63, 3.8) is 0 Å². The van der Waals surface area contributed by atoms with Gasteiger partial charge >= 0.3 is 0 Å². The normalized spacial score (nSPS) is 25.8. The molecule has 0 spiro atoms. The molecule has 3 nitrogen and oxygen atoms in total. The van der Waals surface area contributed by atoms with Crippen LogP contribution in [0.15, 0.2) is 24.3 Å². The number of nitrogens with one attached hydrogen (secondary N) is 1. The van der Waals surface area contributed by atoms with Gasteiger partial charge in [-0.3, -0.25) is 0 Å². The fourth-order valence-corrected chi connectivity index (χ4v) is 1.74. The van der Waals surface area contributed by atoms with Gasteiger partial charge in [0.25, 0.3) is 0 Å². The van der Waals surface area contributed by atoms with E-state index in [-0.39, 0.29) is 0 Å². The van der Waals surface area contributed by atoms with Gasteiger partial charge in [-0.25, -0.2) is 0 Å². The van der Waals surface area contributed by atoms with Crippen molar-refractivity contribution >= 4 is 0 Å². The Bertz CT molecular complexity index is 308. The highest BCUT2D eigenvalue weighted by atomic mass is 16.3. The van der Waals surface area contributed by atoms with E-state index in [1.807, 2.05) is 18.2 Å². The van der Waals surface area contributed by atoms with Crippen LogP contribution in [0.3, 0.4) is 0 Å². The van der Waals surface area contributed by atoms with E-state index in [2.05, 4.69) is 5.32 Å². The van der Waals surface area contributed by atoms with Gasteiger partial charge in [0.05, 0.1) is 0 Å². The minimum absolute atomic E-state index is 0.364. The summed E-state index contributed by atoms with van der Waals surface area (Å²) in [5.74, 6) is 0.364. The van der Waals surface area contributed by atoms with Crippen molar-refractivity contribution in [1.29, 1.82) is 0 Å². The highest BCUT2D eigenvalue weighted by Gasteiger charge is 2.24. The molecule has 1 fully saturated rings. The van der Waals surface area contributed by atoms with Gasteiger partial charge in [-0.05, 0) is 18.9 Å². The predicted molar refractivity (Wildman–Crippen MR) is 55.9 cm³/mol. The smallest absolute Gasteiger partial charge is 0.120 e. The van der Waals surface area contributed by atoms with Crippen LogP contribution in [0.25, 0.3) is 0 Å². The quantitative estimate of drug-likeness (QED) is 0.669. The van der Waals surface area contributed by atoms with Crippen LogP contribution >= 0.6 is 0 Å². The molecule has 0 saturated heterocycles. The van der Waals surface area contributed by atoms with Gasteiger partial charge in [0, 0.05) is 24.2 Å². The number of para-hydroxylation sites is 1. The molecule has 0 radical (unpaired) electrons. The van der Waals surface area contributed by atoms with Crippen molar-refractivity contribution in [3.8, 4) is 5.75 Å². The van der Waals surface area contributed by atoms with Gasteiger partial charge < -0.3 is 16.2 Å². The minimum Gasteiger partial charge on any atom is -0.508 e. The molecule has 1 aliphatic rings. The molecule has 0 bridgehead atoms. The molecular weight excluding hydrogens is 176 g/mol. The number of phenols is 1. The van der Waals surface area contributed by atoms with Crippen molar-refractivity contribution in [2.24, 2.45) is 5.73 Å². The second-order valence-electron chi connectivity index (χ2n) is 3.94. The zero-order valence-corrected chi connectivity index (χ0v) is 8.11. The van der Waals surface area contributed by atoms with Crippen LogP contribution in [-0.4, -0.2) is 17.2 Å². The van der Waals surface area contributed by atoms with Crippen LogP contribution in [0.2, 0.25) is 0 Å². The summed E-state index contributed by atoms with van der Waals surface area (Å²) in [5, 5.41) is 12.9. The lowest BCUT2D eigenvalue weighted by atomic mass is 9.87. The van der Waals surface area contributed by atoms with E-state index in [9.17, 15) is 5.11 Å². The molecule has 0 unspecified atom stereocenters. The van der Waals surface area contributed by atoms with Crippen molar-refractivity contribution in [3.05, 3.63) is 29.8 Å². The van der Waals surface area contributed by atoms with E-state index in [0.29, 0.717) is 17.8 Å². The van der Waals surface area contributed by atoms with Crippen molar-refractivity contribution in [2.45, 2.75) is 31.5 Å². The lowest BCUT2D eigenvalue weighted by Crippen LogP contribution is -2.48. The average Bonchev–Trinajstić information content (AvgIpc) is 2.13. The molecule has 1 aromatic rings. The second-order valence-corrected chi connectivity index (χ2v) is 3.94. The summed E-state index contributed by atoms with van der Waals surface area (Å²) in [6, 6.07) is 8.31. The number of hydrogen-bond acceptors (Lipinski definition) is 3. The van der Waals surface area contributed by atoms with Gasteiger partial charge in [-0.2, -0.15) is 0 Å². The highest BCUT2D eigenvalue weighted by molar-refractivity contribution is 5.31. The van der Waals surface area contributed by atoms with E-state index in [0.717, 1.165) is 24.9 Å². The number of hydrogen-bond donors (Lipinski definition) is 3. The Morgan fingerprint density at radius 2 is 2.07 bits per heavy atom. The monoisotopic (exact) mass is 192 g/mol. The maximum atomic E-state index is 9.50. The van der Waals surface area contributed by atoms with Crippen LogP contribution in [0.5, 0.6) is 5.75 Å². The number of benzene rings is 1. The summed E-state index contributed by atoms with van der Waals surface area (Å²) in [6.07, 6.45) is 2.10. The van der Waals surface area contributed by atoms with Crippen LogP contribution in [0, 0.1) is 0 Å². The molecule has 1 saturated carbocycles. The molecule has 76 valence electrons. The summed E-state index contributed by atoms with van der Waals surface area (Å²) < 4.78 is 0. The van der Waals surface area contributed by atoms with E-state index in [1.165, 1.54) is 0 Å². The zero-order valence-electron chi connectivity index (χ0n) is 8.11. The minimum atomic E-state index is 0.364. The SMILES string of the molecule is NC1CC(NCc2ccccc2O)C1. The van der Waals surface area contributed by atoms with Gasteiger partial charge in [-0.1, -0.05) is 18.2 Å². The summed E-state index contributed by atoms with van der Waals surface area (Å²) in [4.78, 5) is 0. The van der Waals surface area contributed by atoms with Crippen molar-refractivity contribution in [2.75, 3.05) is 0 Å². The topological polar surface area (TPSA) is 58.3 Å². The first-order valence-corrected chi connectivity index (χ1v) is 5.01. The second kappa shape index (κ2) is 3.98. The third-order valence-electron chi connectivity index (χ3n) is 2.75. The Morgan fingerprint density at radius 3 is 2.71 bits per heavy atom. The van der Waals surface area contributed by atoms with E-state index in [1.54, 1.807) is 6.07 Å². The fraction of sp³-hybridized carbons (Fsp3) is 0.455. The summed E-state index contributed by atoms with van der Waals surface area (Å²) in [7, 11) is 0. The zero-order chi connectivity index (χ0) is 9.97. The van der Waals surface area contributed by atoms with E-state index < -0.39 is 0 Å². The average molecular weight is 192 g/mol. The van der Waals surface area contributed by atoms with E-state index >= 15 is 0 Å². The van der Waals surface area contributed by atoms with Gasteiger partial charge in [0.1, 0.15) is 5.75 Å². The van der Waals surface area contributed by atoms with Crippen LogP contribution in [0.4, 0.5) is 0 Å². The summed E-state index contributed by atoms with van der Waals surface area (Å²) in [6.45, 7) is 0.726. The predicted octanol–water partition coefficient (Wildman–Crippen LogP) is 0.971. The number of phenolic OH excluding ortho intramolecular Hbond substituents is 1. The standard InChI is InChI=1S/C11H16N2O/c12-9-5-10(6-9)13-7-8-3-1-2-4-11(8)14/h1-4,9-10,13-14H,5-7,12H2. The molecule has 1 aromatic carbocycles. The molecular formula is C11H16N2O. The Kier molecular flexibility index (Phi) is 2.70. The lowest BCUT2D eigenvalue weighted by Gasteiger charge is -2.33. The number of rotatable bonds is 3. The Hall–Kier alpha value is -1.06. The third kappa shape index (κ3) is 2.05. The molecule has 0 atom stereocenters. The molecule has 0 aliphatic heterocycles. The third-order valence-corrected chi connectivity index (χ3v) is 2.75. The first kappa shape index (κ1) is 9.49. The van der Waals surface area contributed by atoms with Crippen LogP contribution in [-0.2, 0) is 6.54 Å². The molecule has 0 heterocycles. The van der Waals surface area contributed by atoms with Gasteiger partial charge in [0.2, 0.25) is 0 Å². The largest absolute Gasteiger partial charge is 0.508 e. The van der Waals surface area contributed by atoms with Crippen molar-refractivity contribution in [1.82, 2.24) is 5.32 Å². The first-order valence-electron chi connectivity index (χ1n) is 5.01. The molecule has 3 heteroatoms. The Labute approximate surface area is 83.9 Å². The molecule has 0 amide bonds. The molecule has 1 aliphatic carbocycles. The lowest BCUT2D eigenvalue weighted by molar-refractivity contribution is 0.289. The number of aromatic hydroxyl groups is 1. The maximum Gasteiger partial charge on any atom is 0.120 e. The molecule has 14 heavy (non-hydrogen) atoms. The van der Waals surface area contributed by atoms with Crippen LogP contribution in [0.1, 0.15) is 18.4 Å². The molecule has 0 aromatic heterocycles. The summed E-state index contributed by atoms with van der Waals surface area (Å²) >= 11 is 0. The first-order chi connectivity index (χ1) is 6.75. The van der Waals surface area contributed by atoms with Gasteiger partial charge in [-0.15, -0.1) is 0 Å². The number of nitrogens with two attached hydrogens (primary N) is 1. The van der Waals surface area contributed by atoms with E-state index in [4.69, 9.17) is 5.73 Å². The van der Waals surface area contributed by atoms with Crippen LogP contribution < -0.4 is 11.1 Å². The van der Waals surface area contributed by atoms with Crippen molar-refractivity contribution < 1.29 is 5.11 Å². The molecule has 2 rings (SSSR count).